The van der Waals surface area contributed by atoms with Crippen LogP contribution in [0.25, 0.3) is 0 Å². The zero-order chi connectivity index (χ0) is 27.9. The zero-order valence-corrected chi connectivity index (χ0v) is 22.3. The number of benzene rings is 1. The standard InChI is InChI=1S/C25H30F2N6O5S/c1-37-13-19-20(23(34)38-2)21(14-3-4-16(26)17(27)11-14)33(25(36)32-19)24(35)31-8-7-28-15-5-6-29-18(12-15)22-30-9-10-39-22/h3-4,9-11,15,18,21,28-29H,5-8,12-13H2,1-2H3,(H,31,35)(H,32,36)/t15?,18?,21-/m0/s1. The number of hydrogen-bond donors (Lipinski definition) is 4. The molecule has 0 aliphatic carbocycles. The summed E-state index contributed by atoms with van der Waals surface area (Å²) < 4.78 is 37.9. The summed E-state index contributed by atoms with van der Waals surface area (Å²) >= 11 is 1.60. The van der Waals surface area contributed by atoms with Gasteiger partial charge in [0.1, 0.15) is 11.0 Å². The highest BCUT2D eigenvalue weighted by molar-refractivity contribution is 7.09. The van der Waals surface area contributed by atoms with Crippen LogP contribution in [0.2, 0.25) is 0 Å². The van der Waals surface area contributed by atoms with Crippen molar-refractivity contribution >= 4 is 29.4 Å². The summed E-state index contributed by atoms with van der Waals surface area (Å²) in [5.41, 5.74) is -0.0781. The zero-order valence-electron chi connectivity index (χ0n) is 21.5. The van der Waals surface area contributed by atoms with E-state index in [0.717, 1.165) is 48.5 Å². The number of urea groups is 2. The predicted molar refractivity (Wildman–Crippen MR) is 138 cm³/mol. The fourth-order valence-corrected chi connectivity index (χ4v) is 5.43. The Bertz CT molecular complexity index is 1230. The maximum Gasteiger partial charge on any atom is 0.338 e. The van der Waals surface area contributed by atoms with Crippen LogP contribution in [0.1, 0.15) is 35.5 Å². The van der Waals surface area contributed by atoms with Crippen molar-refractivity contribution in [3.63, 3.8) is 0 Å². The molecule has 1 aromatic heterocycles. The number of carbonyl (C=O) groups is 3. The molecule has 3 atom stereocenters. The highest BCUT2D eigenvalue weighted by Gasteiger charge is 2.43. The largest absolute Gasteiger partial charge is 0.466 e. The number of piperidine rings is 1. The number of carbonyl (C=O) groups excluding carboxylic acids is 3. The van der Waals surface area contributed by atoms with E-state index < -0.39 is 35.7 Å². The Morgan fingerprint density at radius 3 is 2.74 bits per heavy atom. The summed E-state index contributed by atoms with van der Waals surface area (Å²) in [5, 5.41) is 15.0. The molecule has 14 heteroatoms. The third-order valence-electron chi connectivity index (χ3n) is 6.49. The topological polar surface area (TPSA) is 134 Å². The van der Waals surface area contributed by atoms with Crippen LogP contribution in [0.15, 0.2) is 41.0 Å². The van der Waals surface area contributed by atoms with Gasteiger partial charge in [-0.05, 0) is 37.1 Å². The van der Waals surface area contributed by atoms with Crippen LogP contribution >= 0.6 is 11.3 Å². The lowest BCUT2D eigenvalue weighted by atomic mass is 9.93. The first kappa shape index (κ1) is 28.5. The van der Waals surface area contributed by atoms with Gasteiger partial charge in [0.25, 0.3) is 0 Å². The second-order valence-electron chi connectivity index (χ2n) is 8.98. The summed E-state index contributed by atoms with van der Waals surface area (Å²) in [7, 11) is 2.49. The van der Waals surface area contributed by atoms with Crippen LogP contribution in [-0.4, -0.2) is 74.4 Å². The molecule has 39 heavy (non-hydrogen) atoms. The van der Waals surface area contributed by atoms with Crippen LogP contribution in [-0.2, 0) is 14.3 Å². The van der Waals surface area contributed by atoms with Gasteiger partial charge < -0.3 is 30.7 Å². The fourth-order valence-electron chi connectivity index (χ4n) is 4.71. The summed E-state index contributed by atoms with van der Waals surface area (Å²) in [4.78, 5) is 44.2. The molecule has 2 aliphatic heterocycles. The molecule has 0 bridgehead atoms. The molecule has 3 heterocycles. The Labute approximate surface area is 227 Å². The number of nitrogens with zero attached hydrogens (tertiary/aromatic N) is 2. The number of nitrogens with one attached hydrogen (secondary N) is 4. The Morgan fingerprint density at radius 1 is 1.23 bits per heavy atom. The average molecular weight is 565 g/mol. The number of ether oxygens (including phenoxy) is 2. The number of imide groups is 1. The normalized spacial score (nSPS) is 21.5. The van der Waals surface area contributed by atoms with E-state index in [2.05, 4.69) is 26.3 Å². The van der Waals surface area contributed by atoms with Gasteiger partial charge in [-0.25, -0.2) is 33.0 Å². The molecule has 1 fully saturated rings. The minimum Gasteiger partial charge on any atom is -0.466 e. The van der Waals surface area contributed by atoms with Crippen molar-refractivity contribution in [3.05, 3.63) is 63.3 Å². The van der Waals surface area contributed by atoms with Crippen LogP contribution in [0.5, 0.6) is 0 Å². The first-order valence-electron chi connectivity index (χ1n) is 12.3. The summed E-state index contributed by atoms with van der Waals surface area (Å²) in [6.45, 7) is 1.22. The number of hydrogen-bond acceptors (Lipinski definition) is 9. The predicted octanol–water partition coefficient (Wildman–Crippen LogP) is 2.35. The third kappa shape index (κ3) is 6.58. The van der Waals surface area contributed by atoms with Crippen molar-refractivity contribution in [2.24, 2.45) is 0 Å². The molecule has 4 rings (SSSR count). The number of methoxy groups -OCH3 is 2. The van der Waals surface area contributed by atoms with Crippen LogP contribution in [0, 0.1) is 11.6 Å². The van der Waals surface area contributed by atoms with Crippen molar-refractivity contribution in [2.75, 3.05) is 40.5 Å². The van der Waals surface area contributed by atoms with Gasteiger partial charge in [-0.1, -0.05) is 6.07 Å². The second-order valence-corrected chi connectivity index (χ2v) is 9.90. The van der Waals surface area contributed by atoms with Gasteiger partial charge in [0, 0.05) is 37.8 Å². The molecular weight excluding hydrogens is 534 g/mol. The van der Waals surface area contributed by atoms with Gasteiger partial charge in [0.15, 0.2) is 11.6 Å². The molecule has 0 saturated carbocycles. The first-order chi connectivity index (χ1) is 18.8. The fraction of sp³-hybridized carbons (Fsp3) is 0.440. The van der Waals surface area contributed by atoms with Crippen molar-refractivity contribution in [1.82, 2.24) is 31.2 Å². The minimum atomic E-state index is -1.39. The molecule has 0 spiro atoms. The lowest BCUT2D eigenvalue weighted by Crippen LogP contribution is -2.56. The first-order valence-corrected chi connectivity index (χ1v) is 13.2. The SMILES string of the molecule is COCC1=C(C(=O)OC)[C@H](c2ccc(F)c(F)c2)N(C(=O)NCCNC2CCNC(c3nccs3)C2)C(=O)N1. The highest BCUT2D eigenvalue weighted by atomic mass is 32.1. The van der Waals surface area contributed by atoms with E-state index in [4.69, 9.17) is 9.47 Å². The number of esters is 1. The summed E-state index contributed by atoms with van der Waals surface area (Å²) in [5.74, 6) is -3.17. The quantitative estimate of drug-likeness (QED) is 0.270. The number of rotatable bonds is 9. The van der Waals surface area contributed by atoms with Crippen molar-refractivity contribution in [3.8, 4) is 0 Å². The Balaban J connectivity index is 1.48. The summed E-state index contributed by atoms with van der Waals surface area (Å²) in [6.07, 6.45) is 3.51. The van der Waals surface area contributed by atoms with E-state index in [9.17, 15) is 23.2 Å². The summed E-state index contributed by atoms with van der Waals surface area (Å²) in [6, 6.07) is 0.187. The third-order valence-corrected chi connectivity index (χ3v) is 7.38. The lowest BCUT2D eigenvalue weighted by molar-refractivity contribution is -0.137. The van der Waals surface area contributed by atoms with Gasteiger partial charge in [0.05, 0.1) is 31.0 Å². The minimum absolute atomic E-state index is 0.00830. The monoisotopic (exact) mass is 564 g/mol. The van der Waals surface area contributed by atoms with Crippen LogP contribution in [0.4, 0.5) is 18.4 Å². The molecule has 4 amide bonds. The molecule has 11 nitrogen and oxygen atoms in total. The van der Waals surface area contributed by atoms with E-state index in [1.807, 2.05) is 5.38 Å². The smallest absolute Gasteiger partial charge is 0.338 e. The van der Waals surface area contributed by atoms with Crippen LogP contribution in [0.3, 0.4) is 0 Å². The van der Waals surface area contributed by atoms with Crippen LogP contribution < -0.4 is 21.3 Å². The van der Waals surface area contributed by atoms with Gasteiger partial charge in [-0.2, -0.15) is 0 Å². The van der Waals surface area contributed by atoms with E-state index >= 15 is 0 Å². The molecule has 1 aromatic carbocycles. The van der Waals surface area contributed by atoms with E-state index in [0.29, 0.717) is 6.54 Å². The Hall–Kier alpha value is -3.46. The number of halogens is 2. The molecule has 1 saturated heterocycles. The average Bonchev–Trinajstić information content (AvgIpc) is 3.47. The number of amides is 4. The van der Waals surface area contributed by atoms with E-state index in [-0.39, 0.29) is 42.1 Å². The molecule has 2 aromatic rings. The van der Waals surface area contributed by atoms with Gasteiger partial charge >= 0.3 is 18.0 Å². The lowest BCUT2D eigenvalue weighted by Gasteiger charge is -2.36. The number of thiazole rings is 1. The second kappa shape index (κ2) is 13.1. The Morgan fingerprint density at radius 2 is 2.05 bits per heavy atom. The highest BCUT2D eigenvalue weighted by Crippen LogP contribution is 2.35. The van der Waals surface area contributed by atoms with Crippen molar-refractivity contribution in [2.45, 2.75) is 31.0 Å². The number of aromatic nitrogens is 1. The molecule has 2 aliphatic rings. The molecule has 2 unspecified atom stereocenters. The Kier molecular flexibility index (Phi) is 9.56. The van der Waals surface area contributed by atoms with Gasteiger partial charge in [0.2, 0.25) is 0 Å². The molecule has 4 N–H and O–H groups in total. The van der Waals surface area contributed by atoms with E-state index in [1.165, 1.54) is 13.2 Å². The molecular formula is C25H30F2N6O5S. The van der Waals surface area contributed by atoms with Gasteiger partial charge in [-0.15, -0.1) is 11.3 Å². The van der Waals surface area contributed by atoms with Crippen molar-refractivity contribution < 1.29 is 32.6 Å². The maximum atomic E-state index is 14.2. The molecule has 0 radical (unpaired) electrons. The molecule has 210 valence electrons. The van der Waals surface area contributed by atoms with Gasteiger partial charge in [-0.3, -0.25) is 0 Å². The van der Waals surface area contributed by atoms with E-state index in [1.54, 1.807) is 17.5 Å². The van der Waals surface area contributed by atoms with Crippen molar-refractivity contribution in [1.29, 1.82) is 0 Å². The maximum absolute atomic E-state index is 14.2.